The van der Waals surface area contributed by atoms with Crippen LogP contribution in [-0.2, 0) is 17.6 Å². The summed E-state index contributed by atoms with van der Waals surface area (Å²) >= 11 is 0. The first-order chi connectivity index (χ1) is 10.3. The number of halogens is 1. The number of aryl methyl sites for hydroxylation is 1. The molecule has 0 radical (unpaired) electrons. The number of rotatable bonds is 4. The number of benzene rings is 1. The number of nitrogens with zero attached hydrogens (tertiary/aromatic N) is 1. The highest BCUT2D eigenvalue weighted by Crippen LogP contribution is 2.19. The van der Waals surface area contributed by atoms with Crippen molar-refractivity contribution < 1.29 is 9.53 Å². The van der Waals surface area contributed by atoms with Crippen molar-refractivity contribution in [3.63, 3.8) is 0 Å². The molecule has 1 aromatic heterocycles. The van der Waals surface area contributed by atoms with Crippen LogP contribution in [0.5, 0.6) is 0 Å². The Morgan fingerprint density at radius 2 is 2.00 bits per heavy atom. The van der Waals surface area contributed by atoms with E-state index in [-0.39, 0.29) is 18.4 Å². The molecule has 0 aliphatic carbocycles. The van der Waals surface area contributed by atoms with E-state index in [0.29, 0.717) is 18.6 Å². The van der Waals surface area contributed by atoms with Gasteiger partial charge in [0.1, 0.15) is 5.82 Å². The summed E-state index contributed by atoms with van der Waals surface area (Å²) < 4.78 is 5.28. The number of carbonyl (C=O) groups excluding carboxylic acids is 1. The summed E-state index contributed by atoms with van der Waals surface area (Å²) in [5, 5.41) is 3.31. The summed E-state index contributed by atoms with van der Waals surface area (Å²) in [7, 11) is 0. The number of anilines is 1. The zero-order valence-electron chi connectivity index (χ0n) is 12.2. The Morgan fingerprint density at radius 1 is 1.18 bits per heavy atom. The van der Waals surface area contributed by atoms with Gasteiger partial charge in [-0.3, -0.25) is 0 Å². The predicted molar refractivity (Wildman–Crippen MR) is 88.7 cm³/mol. The molecule has 4 nitrogen and oxygen atoms in total. The second kappa shape index (κ2) is 7.80. The Morgan fingerprint density at radius 3 is 2.82 bits per heavy atom. The monoisotopic (exact) mass is 318 g/mol. The smallest absolute Gasteiger partial charge is 0.338 e. The molecular formula is C17H19ClN2O2. The quantitative estimate of drug-likeness (QED) is 0.879. The number of pyridine rings is 1. The van der Waals surface area contributed by atoms with E-state index >= 15 is 0 Å². The summed E-state index contributed by atoms with van der Waals surface area (Å²) in [5.74, 6) is 0.694. The number of aromatic nitrogens is 1. The van der Waals surface area contributed by atoms with Crippen LogP contribution in [0, 0.1) is 0 Å². The Balaban J connectivity index is 0.00000176. The first-order valence-corrected chi connectivity index (χ1v) is 7.28. The van der Waals surface area contributed by atoms with Gasteiger partial charge in [0.25, 0.3) is 0 Å². The van der Waals surface area contributed by atoms with Gasteiger partial charge in [-0.2, -0.15) is 0 Å². The highest BCUT2D eigenvalue weighted by molar-refractivity contribution is 5.89. The fourth-order valence-corrected chi connectivity index (χ4v) is 2.41. The van der Waals surface area contributed by atoms with E-state index in [1.54, 1.807) is 12.1 Å². The van der Waals surface area contributed by atoms with E-state index < -0.39 is 0 Å². The lowest BCUT2D eigenvalue weighted by Crippen LogP contribution is -2.15. The van der Waals surface area contributed by atoms with Crippen LogP contribution in [0.15, 0.2) is 42.5 Å². The Kier molecular flexibility index (Phi) is 5.78. The number of nitrogens with one attached hydrogen (secondary N) is 1. The molecule has 116 valence electrons. The molecule has 0 unspecified atom stereocenters. The van der Waals surface area contributed by atoms with Crippen LogP contribution in [0.3, 0.4) is 0 Å². The second-order valence-electron chi connectivity index (χ2n) is 5.09. The van der Waals surface area contributed by atoms with E-state index in [9.17, 15) is 4.79 Å². The number of carbonyl (C=O) groups is 1. The zero-order valence-corrected chi connectivity index (χ0v) is 13.1. The van der Waals surface area contributed by atoms with Crippen LogP contribution < -0.4 is 5.32 Å². The van der Waals surface area contributed by atoms with Gasteiger partial charge in [-0.25, -0.2) is 9.78 Å². The first-order valence-electron chi connectivity index (χ1n) is 7.28. The maximum atomic E-state index is 11.8. The Bertz CT molecular complexity index is 632. The van der Waals surface area contributed by atoms with Crippen molar-refractivity contribution >= 4 is 24.2 Å². The van der Waals surface area contributed by atoms with Crippen molar-refractivity contribution in [1.29, 1.82) is 0 Å². The minimum atomic E-state index is -0.285. The fourth-order valence-electron chi connectivity index (χ4n) is 2.41. The van der Waals surface area contributed by atoms with Crippen LogP contribution in [0.4, 0.5) is 5.82 Å². The summed E-state index contributed by atoms with van der Waals surface area (Å²) in [6.07, 6.45) is 2.87. The van der Waals surface area contributed by atoms with E-state index in [0.717, 1.165) is 30.9 Å². The lowest BCUT2D eigenvalue weighted by atomic mass is 10.1. The Hall–Kier alpha value is -2.07. The molecule has 1 aliphatic heterocycles. The van der Waals surface area contributed by atoms with Gasteiger partial charge in [0, 0.05) is 18.7 Å². The highest BCUT2D eigenvalue weighted by atomic mass is 35.5. The van der Waals surface area contributed by atoms with Gasteiger partial charge in [0.15, 0.2) is 0 Å². The van der Waals surface area contributed by atoms with Crippen LogP contribution >= 0.6 is 12.4 Å². The van der Waals surface area contributed by atoms with Crippen molar-refractivity contribution in [2.45, 2.75) is 19.3 Å². The molecule has 2 heterocycles. The molecule has 0 spiro atoms. The highest BCUT2D eigenvalue weighted by Gasteiger charge is 2.11. The van der Waals surface area contributed by atoms with Crippen LogP contribution in [0.2, 0.25) is 0 Å². The van der Waals surface area contributed by atoms with E-state index in [1.165, 1.54) is 5.56 Å². The van der Waals surface area contributed by atoms with Gasteiger partial charge in [0.05, 0.1) is 12.2 Å². The van der Waals surface area contributed by atoms with Crippen molar-refractivity contribution in [1.82, 2.24) is 4.98 Å². The maximum Gasteiger partial charge on any atom is 0.338 e. The molecule has 0 saturated carbocycles. The summed E-state index contributed by atoms with van der Waals surface area (Å²) in [4.78, 5) is 16.4. The topological polar surface area (TPSA) is 51.2 Å². The van der Waals surface area contributed by atoms with Crippen LogP contribution in [-0.4, -0.2) is 24.1 Å². The molecule has 1 aromatic carbocycles. The molecule has 0 saturated heterocycles. The lowest BCUT2D eigenvalue weighted by Gasteiger charge is -2.17. The number of hydrogen-bond acceptors (Lipinski definition) is 4. The molecule has 1 aliphatic rings. The van der Waals surface area contributed by atoms with Crippen molar-refractivity contribution in [2.75, 3.05) is 18.5 Å². The van der Waals surface area contributed by atoms with E-state index in [2.05, 4.69) is 16.4 Å². The molecule has 5 heteroatoms. The summed E-state index contributed by atoms with van der Waals surface area (Å²) in [6.45, 7) is 1.33. The van der Waals surface area contributed by atoms with Crippen molar-refractivity contribution in [3.05, 3.63) is 59.3 Å². The maximum absolute atomic E-state index is 11.8. The first kappa shape index (κ1) is 16.3. The standard InChI is InChI=1S/C17H18N2O2.ClH/c20-17(14-5-2-1-3-6-14)21-12-10-15-9-8-13-7-4-11-18-16(13)19-15;/h1-3,5-6,8-9H,4,7,10-12H2,(H,18,19);1H. The fraction of sp³-hybridized carbons (Fsp3) is 0.294. The Labute approximate surface area is 136 Å². The molecule has 0 atom stereocenters. The van der Waals surface area contributed by atoms with Gasteiger partial charge in [-0.05, 0) is 36.6 Å². The molecule has 0 amide bonds. The van der Waals surface area contributed by atoms with Crippen molar-refractivity contribution in [3.8, 4) is 0 Å². The predicted octanol–water partition coefficient (Wildman–Crippen LogP) is 3.26. The normalized spacial score (nSPS) is 12.5. The van der Waals surface area contributed by atoms with Gasteiger partial charge in [-0.15, -0.1) is 12.4 Å². The SMILES string of the molecule is Cl.O=C(OCCc1ccc2c(n1)NCCC2)c1ccccc1. The van der Waals surface area contributed by atoms with E-state index in [1.807, 2.05) is 24.3 Å². The number of fused-ring (bicyclic) bond motifs is 1. The lowest BCUT2D eigenvalue weighted by molar-refractivity contribution is 0.0508. The average molecular weight is 319 g/mol. The van der Waals surface area contributed by atoms with Gasteiger partial charge >= 0.3 is 5.97 Å². The number of esters is 1. The molecular weight excluding hydrogens is 300 g/mol. The van der Waals surface area contributed by atoms with Crippen LogP contribution in [0.1, 0.15) is 28.0 Å². The average Bonchev–Trinajstić information content (AvgIpc) is 2.55. The second-order valence-corrected chi connectivity index (χ2v) is 5.09. The van der Waals surface area contributed by atoms with Gasteiger partial charge < -0.3 is 10.1 Å². The number of hydrogen-bond donors (Lipinski definition) is 1. The van der Waals surface area contributed by atoms with Gasteiger partial charge in [-0.1, -0.05) is 24.3 Å². The third-order valence-corrected chi connectivity index (χ3v) is 3.55. The summed E-state index contributed by atoms with van der Waals surface area (Å²) in [6, 6.07) is 13.2. The number of ether oxygens (including phenoxy) is 1. The third-order valence-electron chi connectivity index (χ3n) is 3.55. The van der Waals surface area contributed by atoms with Crippen molar-refractivity contribution in [2.24, 2.45) is 0 Å². The van der Waals surface area contributed by atoms with Crippen LogP contribution in [0.25, 0.3) is 0 Å². The molecule has 3 rings (SSSR count). The van der Waals surface area contributed by atoms with E-state index in [4.69, 9.17) is 4.74 Å². The largest absolute Gasteiger partial charge is 0.462 e. The molecule has 2 aromatic rings. The third kappa shape index (κ3) is 3.98. The molecule has 0 fully saturated rings. The zero-order chi connectivity index (χ0) is 14.5. The molecule has 0 bridgehead atoms. The molecule has 1 N–H and O–H groups in total. The minimum absolute atomic E-state index is 0. The van der Waals surface area contributed by atoms with Gasteiger partial charge in [0.2, 0.25) is 0 Å². The minimum Gasteiger partial charge on any atom is -0.462 e. The molecule has 22 heavy (non-hydrogen) atoms. The summed E-state index contributed by atoms with van der Waals surface area (Å²) in [5.41, 5.74) is 2.80.